The van der Waals surface area contributed by atoms with Crippen molar-refractivity contribution >= 4 is 5.91 Å². The van der Waals surface area contributed by atoms with Crippen LogP contribution >= 0.6 is 0 Å². The Kier molecular flexibility index (Phi) is 6.22. The summed E-state index contributed by atoms with van der Waals surface area (Å²) in [5, 5.41) is 13.9. The van der Waals surface area contributed by atoms with Crippen molar-refractivity contribution in [2.24, 2.45) is 11.8 Å². The number of nitrogens with zero attached hydrogens (tertiary/aromatic N) is 3. The van der Waals surface area contributed by atoms with E-state index >= 15 is 0 Å². The molecule has 5 nitrogen and oxygen atoms in total. The van der Waals surface area contributed by atoms with Crippen LogP contribution in [0, 0.1) is 25.7 Å². The van der Waals surface area contributed by atoms with Crippen molar-refractivity contribution in [1.29, 1.82) is 0 Å². The molecule has 2 heterocycles. The molecule has 0 aromatic carbocycles. The number of hydrogen-bond donors (Lipinski definition) is 1. The van der Waals surface area contributed by atoms with Crippen molar-refractivity contribution < 1.29 is 9.90 Å². The summed E-state index contributed by atoms with van der Waals surface area (Å²) in [6, 6.07) is 0. The third-order valence-corrected chi connectivity index (χ3v) is 4.79. The molecule has 1 atom stereocenters. The first-order valence-corrected chi connectivity index (χ1v) is 8.83. The van der Waals surface area contributed by atoms with Gasteiger partial charge in [-0.1, -0.05) is 13.8 Å². The third kappa shape index (κ3) is 4.56. The van der Waals surface area contributed by atoms with Crippen molar-refractivity contribution in [1.82, 2.24) is 14.7 Å². The fraction of sp³-hybridized carbons (Fsp3) is 0.778. The normalized spacial score (nSPS) is 18.7. The summed E-state index contributed by atoms with van der Waals surface area (Å²) >= 11 is 0. The van der Waals surface area contributed by atoms with Gasteiger partial charge in [-0.3, -0.25) is 9.48 Å². The van der Waals surface area contributed by atoms with E-state index in [1.807, 2.05) is 11.8 Å². The van der Waals surface area contributed by atoms with Crippen LogP contribution in [0.3, 0.4) is 0 Å². The molecule has 5 heteroatoms. The lowest BCUT2D eigenvalue weighted by Crippen LogP contribution is -2.41. The third-order valence-electron chi connectivity index (χ3n) is 4.79. The smallest absolute Gasteiger partial charge is 0.222 e. The van der Waals surface area contributed by atoms with Gasteiger partial charge in [0.15, 0.2) is 0 Å². The predicted octanol–water partition coefficient (Wildman–Crippen LogP) is 2.32. The zero-order chi connectivity index (χ0) is 17.0. The van der Waals surface area contributed by atoms with Gasteiger partial charge in [0.05, 0.1) is 5.69 Å². The van der Waals surface area contributed by atoms with Crippen LogP contribution in [0.2, 0.25) is 0 Å². The Labute approximate surface area is 139 Å². The zero-order valence-electron chi connectivity index (χ0n) is 15.0. The SMILES string of the molecule is Cc1nn(CC(C)C)c(C)c1CCC(=O)N1CCCC(CO)C1. The number of carbonyl (C=O) groups is 1. The lowest BCUT2D eigenvalue weighted by molar-refractivity contribution is -0.133. The quantitative estimate of drug-likeness (QED) is 0.875. The molecule has 1 aliphatic heterocycles. The Morgan fingerprint density at radius 2 is 2.13 bits per heavy atom. The first-order valence-electron chi connectivity index (χ1n) is 8.83. The van der Waals surface area contributed by atoms with Crippen LogP contribution in [0.4, 0.5) is 0 Å². The molecule has 1 amide bonds. The number of aliphatic hydroxyl groups excluding tert-OH is 1. The van der Waals surface area contributed by atoms with Gasteiger partial charge in [0.25, 0.3) is 0 Å². The first-order chi connectivity index (χ1) is 10.9. The number of aryl methyl sites for hydroxylation is 1. The van der Waals surface area contributed by atoms with E-state index in [0.29, 0.717) is 18.9 Å². The predicted molar refractivity (Wildman–Crippen MR) is 91.2 cm³/mol. The molecule has 1 fully saturated rings. The Morgan fingerprint density at radius 3 is 2.78 bits per heavy atom. The van der Waals surface area contributed by atoms with Gasteiger partial charge in [0.1, 0.15) is 0 Å². The molecule has 1 aromatic heterocycles. The van der Waals surface area contributed by atoms with Crippen LogP contribution in [-0.4, -0.2) is 45.4 Å². The number of piperidine rings is 1. The Morgan fingerprint density at radius 1 is 1.39 bits per heavy atom. The van der Waals surface area contributed by atoms with Crippen molar-refractivity contribution in [3.63, 3.8) is 0 Å². The van der Waals surface area contributed by atoms with Gasteiger partial charge in [-0.15, -0.1) is 0 Å². The van der Waals surface area contributed by atoms with Crippen LogP contribution in [0.25, 0.3) is 0 Å². The van der Waals surface area contributed by atoms with E-state index < -0.39 is 0 Å². The van der Waals surface area contributed by atoms with Gasteiger partial charge < -0.3 is 10.0 Å². The highest BCUT2D eigenvalue weighted by atomic mass is 16.3. The van der Waals surface area contributed by atoms with E-state index in [2.05, 4.69) is 30.6 Å². The molecule has 1 unspecified atom stereocenters. The van der Waals surface area contributed by atoms with Gasteiger partial charge in [0, 0.05) is 38.4 Å². The summed E-state index contributed by atoms with van der Waals surface area (Å²) in [5.41, 5.74) is 3.45. The van der Waals surface area contributed by atoms with E-state index in [1.165, 1.54) is 11.3 Å². The molecule has 23 heavy (non-hydrogen) atoms. The number of likely N-dealkylation sites (tertiary alicyclic amines) is 1. The molecule has 0 radical (unpaired) electrons. The summed E-state index contributed by atoms with van der Waals surface area (Å²) < 4.78 is 2.07. The molecule has 1 aromatic rings. The maximum absolute atomic E-state index is 12.5. The zero-order valence-corrected chi connectivity index (χ0v) is 15.0. The van der Waals surface area contributed by atoms with E-state index in [9.17, 15) is 9.90 Å². The molecule has 0 aliphatic carbocycles. The number of aromatic nitrogens is 2. The highest BCUT2D eigenvalue weighted by Crippen LogP contribution is 2.20. The van der Waals surface area contributed by atoms with Crippen LogP contribution in [-0.2, 0) is 17.8 Å². The molecule has 2 rings (SSSR count). The number of carbonyl (C=O) groups excluding carboxylic acids is 1. The number of hydrogen-bond acceptors (Lipinski definition) is 3. The highest BCUT2D eigenvalue weighted by molar-refractivity contribution is 5.76. The van der Waals surface area contributed by atoms with Crippen LogP contribution in [0.5, 0.6) is 0 Å². The Balaban J connectivity index is 1.95. The Hall–Kier alpha value is -1.36. The summed E-state index contributed by atoms with van der Waals surface area (Å²) in [5.74, 6) is 1.02. The minimum absolute atomic E-state index is 0.184. The van der Waals surface area contributed by atoms with E-state index in [-0.39, 0.29) is 18.4 Å². The molecule has 1 saturated heterocycles. The number of aliphatic hydroxyl groups is 1. The van der Waals surface area contributed by atoms with Crippen molar-refractivity contribution in [3.05, 3.63) is 17.0 Å². The van der Waals surface area contributed by atoms with E-state index in [4.69, 9.17) is 0 Å². The molecule has 1 aliphatic rings. The average molecular weight is 321 g/mol. The second-order valence-electron chi connectivity index (χ2n) is 7.26. The van der Waals surface area contributed by atoms with E-state index in [1.54, 1.807) is 0 Å². The minimum atomic E-state index is 0.184. The minimum Gasteiger partial charge on any atom is -0.396 e. The topological polar surface area (TPSA) is 58.4 Å². The largest absolute Gasteiger partial charge is 0.396 e. The van der Waals surface area contributed by atoms with Gasteiger partial charge >= 0.3 is 0 Å². The summed E-state index contributed by atoms with van der Waals surface area (Å²) in [6.45, 7) is 11.2. The second kappa shape index (κ2) is 7.95. The Bertz CT molecular complexity index is 537. The molecule has 130 valence electrons. The van der Waals surface area contributed by atoms with Crippen molar-refractivity contribution in [2.75, 3.05) is 19.7 Å². The van der Waals surface area contributed by atoms with Gasteiger partial charge in [0.2, 0.25) is 5.91 Å². The van der Waals surface area contributed by atoms with Gasteiger partial charge in [-0.05, 0) is 50.5 Å². The monoisotopic (exact) mass is 321 g/mol. The first kappa shape index (κ1) is 18.0. The maximum Gasteiger partial charge on any atom is 0.222 e. The van der Waals surface area contributed by atoms with E-state index in [0.717, 1.165) is 38.0 Å². The standard InChI is InChI=1S/C18H31N3O2/c1-13(2)10-21-15(4)17(14(3)19-21)7-8-18(23)20-9-5-6-16(11-20)12-22/h13,16,22H,5-12H2,1-4H3. The lowest BCUT2D eigenvalue weighted by Gasteiger charge is -2.32. The molecule has 0 spiro atoms. The summed E-state index contributed by atoms with van der Waals surface area (Å²) in [4.78, 5) is 14.4. The van der Waals surface area contributed by atoms with Crippen LogP contribution < -0.4 is 0 Å². The maximum atomic E-state index is 12.5. The molecule has 0 saturated carbocycles. The number of rotatable bonds is 6. The molecule has 0 bridgehead atoms. The van der Waals surface area contributed by atoms with Crippen LogP contribution in [0.15, 0.2) is 0 Å². The second-order valence-corrected chi connectivity index (χ2v) is 7.26. The molecular weight excluding hydrogens is 290 g/mol. The molecule has 1 N–H and O–H groups in total. The highest BCUT2D eigenvalue weighted by Gasteiger charge is 2.23. The van der Waals surface area contributed by atoms with Gasteiger partial charge in [-0.2, -0.15) is 5.10 Å². The average Bonchev–Trinajstić information content (AvgIpc) is 2.78. The van der Waals surface area contributed by atoms with Gasteiger partial charge in [-0.25, -0.2) is 0 Å². The summed E-state index contributed by atoms with van der Waals surface area (Å²) in [6.07, 6.45) is 3.32. The van der Waals surface area contributed by atoms with Crippen LogP contribution in [0.1, 0.15) is 50.1 Å². The fourth-order valence-corrected chi connectivity index (χ4v) is 3.45. The van der Waals surface area contributed by atoms with Crippen molar-refractivity contribution in [3.8, 4) is 0 Å². The fourth-order valence-electron chi connectivity index (χ4n) is 3.45. The summed E-state index contributed by atoms with van der Waals surface area (Å²) in [7, 11) is 0. The van der Waals surface area contributed by atoms with Crippen molar-refractivity contribution in [2.45, 2.75) is 59.9 Å². The number of amides is 1. The molecular formula is C18H31N3O2. The lowest BCUT2D eigenvalue weighted by atomic mass is 9.98.